The molecule has 7 nitrogen and oxygen atoms in total. The van der Waals surface area contributed by atoms with Crippen molar-refractivity contribution in [3.8, 4) is 0 Å². The first-order valence-corrected chi connectivity index (χ1v) is 12.0. The Morgan fingerprint density at radius 2 is 1.72 bits per heavy atom. The first-order chi connectivity index (χ1) is 13.9. The molecule has 2 heterocycles. The zero-order chi connectivity index (χ0) is 20.9. The fourth-order valence-electron chi connectivity index (χ4n) is 4.14. The Balaban J connectivity index is 1.51. The van der Waals surface area contributed by atoms with E-state index in [0.717, 1.165) is 25.8 Å². The van der Waals surface area contributed by atoms with Crippen molar-refractivity contribution >= 4 is 21.8 Å². The third kappa shape index (κ3) is 5.57. The quantitative estimate of drug-likeness (QED) is 0.761. The molecule has 8 heteroatoms. The van der Waals surface area contributed by atoms with E-state index in [9.17, 15) is 18.0 Å². The summed E-state index contributed by atoms with van der Waals surface area (Å²) >= 11 is 0. The summed E-state index contributed by atoms with van der Waals surface area (Å²) < 4.78 is 27.7. The van der Waals surface area contributed by atoms with Gasteiger partial charge in [-0.1, -0.05) is 25.1 Å². The van der Waals surface area contributed by atoms with Gasteiger partial charge in [-0.15, -0.1) is 0 Å². The lowest BCUT2D eigenvalue weighted by Crippen LogP contribution is -2.51. The van der Waals surface area contributed by atoms with Gasteiger partial charge in [-0.3, -0.25) is 9.59 Å². The topological polar surface area (TPSA) is 86.8 Å². The molecule has 0 aliphatic carbocycles. The largest absolute Gasteiger partial charge is 0.342 e. The molecular weight excluding hydrogens is 390 g/mol. The van der Waals surface area contributed by atoms with Crippen LogP contribution in [0.2, 0.25) is 0 Å². The van der Waals surface area contributed by atoms with Crippen LogP contribution in [-0.4, -0.2) is 62.3 Å². The molecule has 1 aromatic rings. The second-order valence-electron chi connectivity index (χ2n) is 7.96. The number of nitrogens with one attached hydrogen (secondary N) is 1. The summed E-state index contributed by atoms with van der Waals surface area (Å²) in [7, 11) is -3.54. The predicted octanol–water partition coefficient (Wildman–Crippen LogP) is 1.99. The maximum atomic E-state index is 12.9. The van der Waals surface area contributed by atoms with E-state index in [1.54, 1.807) is 30.3 Å². The Labute approximate surface area is 173 Å². The minimum atomic E-state index is -3.54. The Hall–Kier alpha value is -1.93. The van der Waals surface area contributed by atoms with E-state index < -0.39 is 10.0 Å². The fourth-order valence-corrected chi connectivity index (χ4v) is 5.47. The number of hydrogen-bond donors (Lipinski definition) is 1. The first kappa shape index (κ1) is 21.8. The predicted molar refractivity (Wildman–Crippen MR) is 111 cm³/mol. The number of sulfonamides is 1. The van der Waals surface area contributed by atoms with Crippen LogP contribution in [0.25, 0.3) is 0 Å². The highest BCUT2D eigenvalue weighted by Crippen LogP contribution is 2.22. The van der Waals surface area contributed by atoms with E-state index in [1.807, 2.05) is 16.7 Å². The fraction of sp³-hybridized carbons (Fsp3) is 0.619. The van der Waals surface area contributed by atoms with Crippen molar-refractivity contribution in [1.29, 1.82) is 0 Å². The number of hydrogen-bond acceptors (Lipinski definition) is 4. The van der Waals surface area contributed by atoms with Crippen LogP contribution in [0.4, 0.5) is 0 Å². The number of carbonyl (C=O) groups excluding carboxylic acids is 2. The third-order valence-corrected chi connectivity index (χ3v) is 7.31. The van der Waals surface area contributed by atoms with Crippen LogP contribution in [0.15, 0.2) is 35.2 Å². The average Bonchev–Trinajstić information content (AvgIpc) is 2.74. The van der Waals surface area contributed by atoms with Crippen LogP contribution in [-0.2, 0) is 19.6 Å². The van der Waals surface area contributed by atoms with Gasteiger partial charge in [0.15, 0.2) is 0 Å². The van der Waals surface area contributed by atoms with Crippen LogP contribution in [0, 0.1) is 5.92 Å². The molecule has 2 saturated heterocycles. The van der Waals surface area contributed by atoms with Crippen LogP contribution in [0.5, 0.6) is 0 Å². The molecule has 1 unspecified atom stereocenters. The summed E-state index contributed by atoms with van der Waals surface area (Å²) in [6.45, 7) is 4.32. The molecule has 0 spiro atoms. The Kier molecular flexibility index (Phi) is 7.29. The monoisotopic (exact) mass is 421 g/mol. The molecule has 29 heavy (non-hydrogen) atoms. The van der Waals surface area contributed by atoms with Gasteiger partial charge in [0.1, 0.15) is 0 Å². The van der Waals surface area contributed by atoms with Crippen molar-refractivity contribution < 1.29 is 18.0 Å². The van der Waals surface area contributed by atoms with Gasteiger partial charge >= 0.3 is 0 Å². The number of amides is 2. The summed E-state index contributed by atoms with van der Waals surface area (Å²) in [6.07, 6.45) is 4.23. The molecule has 2 aliphatic rings. The number of piperidine rings is 2. The van der Waals surface area contributed by atoms with Crippen molar-refractivity contribution in [1.82, 2.24) is 14.5 Å². The molecule has 1 aromatic carbocycles. The van der Waals surface area contributed by atoms with Crippen molar-refractivity contribution in [3.05, 3.63) is 30.3 Å². The molecule has 0 bridgehead atoms. The van der Waals surface area contributed by atoms with E-state index in [0.29, 0.717) is 38.9 Å². The summed E-state index contributed by atoms with van der Waals surface area (Å²) in [5.74, 6) is 0.101. The lowest BCUT2D eigenvalue weighted by molar-refractivity contribution is -0.141. The minimum absolute atomic E-state index is 0.100. The van der Waals surface area contributed by atoms with Crippen molar-refractivity contribution in [2.75, 3.05) is 26.2 Å². The maximum absolute atomic E-state index is 12.9. The van der Waals surface area contributed by atoms with Crippen molar-refractivity contribution in [3.63, 3.8) is 0 Å². The standard InChI is InChI=1S/C21H31N3O4S/c1-2-7-20(25)24-13-6-8-17(16-24)21(26)23-14-11-18(12-15-23)22-29(27,28)19-9-4-3-5-10-19/h3-5,9-10,17-18,22H,2,6-8,11-16H2,1H3. The Morgan fingerprint density at radius 3 is 2.38 bits per heavy atom. The summed E-state index contributed by atoms with van der Waals surface area (Å²) in [5, 5.41) is 0. The Morgan fingerprint density at radius 1 is 1.03 bits per heavy atom. The number of rotatable bonds is 6. The highest BCUT2D eigenvalue weighted by atomic mass is 32.2. The van der Waals surface area contributed by atoms with Crippen LogP contribution < -0.4 is 4.72 Å². The molecule has 2 aliphatic heterocycles. The van der Waals surface area contributed by atoms with Crippen LogP contribution in [0.3, 0.4) is 0 Å². The van der Waals surface area contributed by atoms with Gasteiger partial charge < -0.3 is 9.80 Å². The lowest BCUT2D eigenvalue weighted by atomic mass is 9.94. The second-order valence-corrected chi connectivity index (χ2v) is 9.68. The van der Waals surface area contributed by atoms with Gasteiger partial charge in [0.05, 0.1) is 10.8 Å². The zero-order valence-electron chi connectivity index (χ0n) is 17.0. The van der Waals surface area contributed by atoms with Crippen LogP contribution in [0.1, 0.15) is 45.4 Å². The third-order valence-electron chi connectivity index (χ3n) is 5.77. The minimum Gasteiger partial charge on any atom is -0.342 e. The first-order valence-electron chi connectivity index (χ1n) is 10.5. The molecule has 3 rings (SSSR count). The summed E-state index contributed by atoms with van der Waals surface area (Å²) in [4.78, 5) is 29.0. The summed E-state index contributed by atoms with van der Waals surface area (Å²) in [5.41, 5.74) is 0. The van der Waals surface area contributed by atoms with Gasteiger partial charge in [0, 0.05) is 38.6 Å². The molecule has 2 amide bonds. The number of carbonyl (C=O) groups is 2. The van der Waals surface area contributed by atoms with Gasteiger partial charge in [0.2, 0.25) is 21.8 Å². The van der Waals surface area contributed by atoms with E-state index in [2.05, 4.69) is 4.72 Å². The van der Waals surface area contributed by atoms with Crippen LogP contribution >= 0.6 is 0 Å². The van der Waals surface area contributed by atoms with Gasteiger partial charge in [-0.25, -0.2) is 13.1 Å². The molecule has 0 saturated carbocycles. The van der Waals surface area contributed by atoms with Crippen molar-refractivity contribution in [2.24, 2.45) is 5.92 Å². The van der Waals surface area contributed by atoms with E-state index >= 15 is 0 Å². The highest BCUT2D eigenvalue weighted by Gasteiger charge is 2.33. The van der Waals surface area contributed by atoms with E-state index in [-0.39, 0.29) is 28.7 Å². The molecule has 2 fully saturated rings. The van der Waals surface area contributed by atoms with Gasteiger partial charge in [-0.05, 0) is 44.2 Å². The number of likely N-dealkylation sites (tertiary alicyclic amines) is 2. The second kappa shape index (κ2) is 9.71. The van der Waals surface area contributed by atoms with Gasteiger partial charge in [0.25, 0.3) is 0 Å². The lowest BCUT2D eigenvalue weighted by Gasteiger charge is -2.38. The van der Waals surface area contributed by atoms with Crippen molar-refractivity contribution in [2.45, 2.75) is 56.4 Å². The molecule has 1 N–H and O–H groups in total. The molecular formula is C21H31N3O4S. The normalized spacial score (nSPS) is 21.2. The highest BCUT2D eigenvalue weighted by molar-refractivity contribution is 7.89. The molecule has 0 aromatic heterocycles. The average molecular weight is 422 g/mol. The van der Waals surface area contributed by atoms with E-state index in [1.165, 1.54) is 0 Å². The molecule has 0 radical (unpaired) electrons. The number of benzene rings is 1. The molecule has 1 atom stereocenters. The van der Waals surface area contributed by atoms with E-state index in [4.69, 9.17) is 0 Å². The van der Waals surface area contributed by atoms with Gasteiger partial charge in [-0.2, -0.15) is 0 Å². The SMILES string of the molecule is CCCC(=O)N1CCCC(C(=O)N2CCC(NS(=O)(=O)c3ccccc3)CC2)C1. The maximum Gasteiger partial charge on any atom is 0.240 e. The zero-order valence-corrected chi connectivity index (χ0v) is 17.9. The smallest absolute Gasteiger partial charge is 0.240 e. The number of nitrogens with zero attached hydrogens (tertiary/aromatic N) is 2. The summed E-state index contributed by atoms with van der Waals surface area (Å²) in [6, 6.07) is 8.18. The Bertz CT molecular complexity index is 804. The molecule has 160 valence electrons.